The molecule has 1 aromatic carbocycles. The minimum atomic E-state index is -4.62. The number of hydrogen-bond donors (Lipinski definition) is 1. The zero-order chi connectivity index (χ0) is 15.5. The number of hydrogen-bond acceptors (Lipinski definition) is 3. The van der Waals surface area contributed by atoms with E-state index in [0.717, 1.165) is 18.2 Å². The first-order valence-corrected chi connectivity index (χ1v) is 7.50. The Morgan fingerprint density at radius 1 is 1.00 bits per heavy atom. The molecule has 1 aromatic heterocycles. The fraction of sp³-hybridized carbons (Fsp3) is 0.154. The minimum Gasteiger partial charge on any atom is -0.267 e. The molecule has 112 valence electrons. The summed E-state index contributed by atoms with van der Waals surface area (Å²) in [6.07, 6.45) is -4.62. The fourth-order valence-corrected chi connectivity index (χ4v) is 2.77. The third-order valence-electron chi connectivity index (χ3n) is 2.50. The van der Waals surface area contributed by atoms with Gasteiger partial charge in [-0.15, -0.1) is 0 Å². The second-order valence-electron chi connectivity index (χ2n) is 4.25. The average Bonchev–Trinajstić information content (AvgIpc) is 2.38. The van der Waals surface area contributed by atoms with E-state index in [9.17, 15) is 21.6 Å². The van der Waals surface area contributed by atoms with Gasteiger partial charge >= 0.3 is 6.18 Å². The van der Waals surface area contributed by atoms with Gasteiger partial charge in [-0.1, -0.05) is 36.4 Å². The van der Waals surface area contributed by atoms with Crippen molar-refractivity contribution in [2.75, 3.05) is 4.72 Å². The summed E-state index contributed by atoms with van der Waals surface area (Å²) in [6.45, 7) is 0. The van der Waals surface area contributed by atoms with Crippen molar-refractivity contribution in [3.63, 3.8) is 0 Å². The molecule has 2 aromatic rings. The van der Waals surface area contributed by atoms with E-state index < -0.39 is 21.9 Å². The van der Waals surface area contributed by atoms with Gasteiger partial charge in [0.1, 0.15) is 11.5 Å². The van der Waals surface area contributed by atoms with Gasteiger partial charge in [0.2, 0.25) is 10.0 Å². The van der Waals surface area contributed by atoms with Crippen LogP contribution in [0.2, 0.25) is 0 Å². The number of anilines is 1. The molecule has 2 rings (SSSR count). The summed E-state index contributed by atoms with van der Waals surface area (Å²) >= 11 is 0. The average molecular weight is 316 g/mol. The smallest absolute Gasteiger partial charge is 0.267 e. The van der Waals surface area contributed by atoms with Crippen molar-refractivity contribution >= 4 is 15.8 Å². The van der Waals surface area contributed by atoms with E-state index >= 15 is 0 Å². The number of pyridine rings is 1. The lowest BCUT2D eigenvalue weighted by atomic mass is 10.2. The van der Waals surface area contributed by atoms with Crippen molar-refractivity contribution < 1.29 is 21.6 Å². The molecular weight excluding hydrogens is 305 g/mol. The monoisotopic (exact) mass is 316 g/mol. The number of nitrogens with zero attached hydrogens (tertiary/aromatic N) is 1. The van der Waals surface area contributed by atoms with Gasteiger partial charge in [0.05, 0.1) is 5.75 Å². The molecule has 1 N–H and O–H groups in total. The third kappa shape index (κ3) is 4.45. The highest BCUT2D eigenvalue weighted by molar-refractivity contribution is 7.91. The normalized spacial score (nSPS) is 12.1. The largest absolute Gasteiger partial charge is 0.433 e. The van der Waals surface area contributed by atoms with Crippen molar-refractivity contribution in [2.45, 2.75) is 11.9 Å². The van der Waals surface area contributed by atoms with Crippen LogP contribution in [0.15, 0.2) is 48.5 Å². The van der Waals surface area contributed by atoms with Gasteiger partial charge in [-0.05, 0) is 17.7 Å². The molecule has 4 nitrogen and oxygen atoms in total. The Labute approximate surface area is 119 Å². The van der Waals surface area contributed by atoms with Crippen molar-refractivity contribution in [3.8, 4) is 0 Å². The first-order chi connectivity index (χ1) is 9.76. The van der Waals surface area contributed by atoms with E-state index in [1.165, 1.54) is 0 Å². The van der Waals surface area contributed by atoms with Crippen LogP contribution in [0.5, 0.6) is 0 Å². The lowest BCUT2D eigenvalue weighted by Gasteiger charge is -2.10. The van der Waals surface area contributed by atoms with E-state index in [1.807, 2.05) is 4.72 Å². The van der Waals surface area contributed by atoms with E-state index in [-0.39, 0.29) is 11.6 Å². The van der Waals surface area contributed by atoms with E-state index in [4.69, 9.17) is 0 Å². The SMILES string of the molecule is O=S(=O)(Cc1ccccc1)Nc1cccc(C(F)(F)F)n1. The van der Waals surface area contributed by atoms with E-state index in [0.29, 0.717) is 5.56 Å². The van der Waals surface area contributed by atoms with Crippen LogP contribution in [0.25, 0.3) is 0 Å². The highest BCUT2D eigenvalue weighted by Gasteiger charge is 2.32. The molecule has 8 heteroatoms. The molecule has 0 aliphatic carbocycles. The molecule has 0 bridgehead atoms. The Hall–Kier alpha value is -2.09. The van der Waals surface area contributed by atoms with Crippen LogP contribution in [0, 0.1) is 0 Å². The Balaban J connectivity index is 2.17. The van der Waals surface area contributed by atoms with Crippen LogP contribution in [-0.2, 0) is 22.0 Å². The second-order valence-corrected chi connectivity index (χ2v) is 5.97. The summed E-state index contributed by atoms with van der Waals surface area (Å²) in [5.41, 5.74) is -0.626. The van der Waals surface area contributed by atoms with Gasteiger partial charge in [-0.2, -0.15) is 13.2 Å². The minimum absolute atomic E-state index is 0.342. The van der Waals surface area contributed by atoms with Gasteiger partial charge in [0.25, 0.3) is 0 Å². The van der Waals surface area contributed by atoms with Crippen molar-refractivity contribution in [2.24, 2.45) is 0 Å². The maximum Gasteiger partial charge on any atom is 0.433 e. The van der Waals surface area contributed by atoms with Crippen molar-refractivity contribution in [3.05, 3.63) is 59.8 Å². The summed E-state index contributed by atoms with van der Waals surface area (Å²) in [4.78, 5) is 3.26. The Morgan fingerprint density at radius 2 is 1.67 bits per heavy atom. The molecule has 1 heterocycles. The Bertz CT molecular complexity index is 716. The quantitative estimate of drug-likeness (QED) is 0.943. The van der Waals surface area contributed by atoms with Crippen LogP contribution in [-0.4, -0.2) is 13.4 Å². The molecule has 0 atom stereocenters. The lowest BCUT2D eigenvalue weighted by molar-refractivity contribution is -0.141. The van der Waals surface area contributed by atoms with Crippen LogP contribution in [0.4, 0.5) is 19.0 Å². The molecule has 0 saturated heterocycles. The first kappa shape index (κ1) is 15.3. The maximum atomic E-state index is 12.5. The highest BCUT2D eigenvalue weighted by atomic mass is 32.2. The summed E-state index contributed by atoms with van der Waals surface area (Å²) in [5.74, 6) is -0.702. The number of alkyl halides is 3. The lowest BCUT2D eigenvalue weighted by Crippen LogP contribution is -2.17. The second kappa shape index (κ2) is 5.72. The molecule has 0 fully saturated rings. The predicted octanol–water partition coefficient (Wildman–Crippen LogP) is 3.04. The van der Waals surface area contributed by atoms with Gasteiger partial charge < -0.3 is 0 Å². The van der Waals surface area contributed by atoms with Crippen LogP contribution >= 0.6 is 0 Å². The number of halogens is 3. The molecule has 0 unspecified atom stereocenters. The van der Waals surface area contributed by atoms with E-state index in [2.05, 4.69) is 4.98 Å². The van der Waals surface area contributed by atoms with Crippen LogP contribution in [0.1, 0.15) is 11.3 Å². The number of aromatic nitrogens is 1. The first-order valence-electron chi connectivity index (χ1n) is 5.85. The molecule has 0 radical (unpaired) electrons. The molecule has 0 saturated carbocycles. The number of benzene rings is 1. The van der Waals surface area contributed by atoms with Gasteiger partial charge in [-0.3, -0.25) is 4.72 Å². The number of rotatable bonds is 4. The zero-order valence-electron chi connectivity index (χ0n) is 10.6. The summed E-state index contributed by atoms with van der Waals surface area (Å²) in [6, 6.07) is 11.3. The molecule has 21 heavy (non-hydrogen) atoms. The molecular formula is C13H11F3N2O2S. The molecule has 0 spiro atoms. The molecule has 0 aliphatic rings. The van der Waals surface area contributed by atoms with Gasteiger partial charge in [0, 0.05) is 0 Å². The summed E-state index contributed by atoms with van der Waals surface area (Å²) in [7, 11) is -3.83. The van der Waals surface area contributed by atoms with Crippen LogP contribution in [0.3, 0.4) is 0 Å². The Kier molecular flexibility index (Phi) is 4.17. The topological polar surface area (TPSA) is 59.1 Å². The van der Waals surface area contributed by atoms with Gasteiger partial charge in [-0.25, -0.2) is 13.4 Å². The molecule has 0 aliphatic heterocycles. The molecule has 0 amide bonds. The number of nitrogens with one attached hydrogen (secondary N) is 1. The number of sulfonamides is 1. The predicted molar refractivity (Wildman–Crippen MR) is 71.9 cm³/mol. The highest BCUT2D eigenvalue weighted by Crippen LogP contribution is 2.28. The zero-order valence-corrected chi connectivity index (χ0v) is 11.4. The van der Waals surface area contributed by atoms with Crippen molar-refractivity contribution in [1.82, 2.24) is 4.98 Å². The summed E-state index contributed by atoms with van der Waals surface area (Å²) in [5, 5.41) is 0. The van der Waals surface area contributed by atoms with Crippen molar-refractivity contribution in [1.29, 1.82) is 0 Å². The fourth-order valence-electron chi connectivity index (χ4n) is 1.64. The standard InChI is InChI=1S/C13H11F3N2O2S/c14-13(15,16)11-7-4-8-12(17-11)18-21(19,20)9-10-5-2-1-3-6-10/h1-8H,9H2,(H,17,18). The summed E-state index contributed by atoms with van der Waals surface area (Å²) < 4.78 is 63.4. The van der Waals surface area contributed by atoms with Crippen LogP contribution < -0.4 is 4.72 Å². The maximum absolute atomic E-state index is 12.5. The Morgan fingerprint density at radius 3 is 2.29 bits per heavy atom. The van der Waals surface area contributed by atoms with Gasteiger partial charge in [0.15, 0.2) is 0 Å². The third-order valence-corrected chi connectivity index (χ3v) is 3.73. The van der Waals surface area contributed by atoms with E-state index in [1.54, 1.807) is 30.3 Å².